The molecule has 0 saturated heterocycles. The molecule has 0 amide bonds. The molecule has 0 radical (unpaired) electrons. The molecule has 1 aliphatic rings. The Morgan fingerprint density at radius 2 is 2.21 bits per heavy atom. The van der Waals surface area contributed by atoms with Crippen molar-refractivity contribution in [1.29, 1.82) is 5.41 Å². The molecule has 96 valence electrons. The molecule has 2 aromatic heterocycles. The third-order valence-electron chi connectivity index (χ3n) is 3.18. The molecule has 2 heterocycles. The minimum atomic E-state index is -0.546. The molecule has 1 N–H and O–H groups in total. The Hall–Kier alpha value is -2.43. The van der Waals surface area contributed by atoms with Gasteiger partial charge in [0.05, 0.1) is 5.69 Å². The van der Waals surface area contributed by atoms with E-state index < -0.39 is 11.4 Å². The van der Waals surface area contributed by atoms with Gasteiger partial charge in [-0.15, -0.1) is 0 Å². The molecule has 2 aromatic rings. The Bertz CT molecular complexity index is 780. The summed E-state index contributed by atoms with van der Waals surface area (Å²) in [6, 6.07) is 1.25. The van der Waals surface area contributed by atoms with Crippen LogP contribution < -0.4 is 5.56 Å². The normalized spacial score (nSPS) is 14.7. The van der Waals surface area contributed by atoms with Gasteiger partial charge in [0.2, 0.25) is 0 Å². The van der Waals surface area contributed by atoms with Crippen molar-refractivity contribution in [2.75, 3.05) is 0 Å². The zero-order valence-corrected chi connectivity index (χ0v) is 10.1. The van der Waals surface area contributed by atoms with Gasteiger partial charge >= 0.3 is 0 Å². The smallest absolute Gasteiger partial charge is 0.282 e. The molecule has 0 aliphatic heterocycles. The van der Waals surface area contributed by atoms with E-state index >= 15 is 0 Å². The topological polar surface area (TPSA) is 50.3 Å². The Balaban J connectivity index is 2.39. The number of halogens is 1. The van der Waals surface area contributed by atoms with Crippen LogP contribution in [0.15, 0.2) is 41.5 Å². The monoisotopic (exact) mass is 257 g/mol. The van der Waals surface area contributed by atoms with E-state index in [0.29, 0.717) is 11.4 Å². The van der Waals surface area contributed by atoms with E-state index in [1.165, 1.54) is 21.2 Å². The largest absolute Gasteiger partial charge is 0.314 e. The number of rotatable bonds is 2. The Morgan fingerprint density at radius 3 is 2.89 bits per heavy atom. The average Bonchev–Trinajstić information content (AvgIpc) is 2.81. The van der Waals surface area contributed by atoms with Crippen LogP contribution in [-0.4, -0.2) is 15.2 Å². The van der Waals surface area contributed by atoms with Gasteiger partial charge in [0, 0.05) is 24.3 Å². The first-order valence-corrected chi connectivity index (χ1v) is 6.02. The lowest BCUT2D eigenvalue weighted by atomic mass is 10.1. The van der Waals surface area contributed by atoms with Crippen LogP contribution in [-0.2, 0) is 0 Å². The number of hydrogen-bond donors (Lipinski definition) is 1. The molecule has 0 fully saturated rings. The van der Waals surface area contributed by atoms with E-state index in [1.807, 2.05) is 18.2 Å². The molecule has 0 unspecified atom stereocenters. The summed E-state index contributed by atoms with van der Waals surface area (Å²) in [7, 11) is 0. The highest BCUT2D eigenvalue weighted by molar-refractivity contribution is 5.79. The Morgan fingerprint density at radius 1 is 1.37 bits per heavy atom. The van der Waals surface area contributed by atoms with Crippen LogP contribution in [0.1, 0.15) is 18.5 Å². The van der Waals surface area contributed by atoms with Crippen molar-refractivity contribution in [1.82, 2.24) is 8.97 Å². The van der Waals surface area contributed by atoms with Crippen molar-refractivity contribution in [3.63, 3.8) is 0 Å². The number of hydrogen-bond acceptors (Lipinski definition) is 2. The van der Waals surface area contributed by atoms with Crippen LogP contribution in [0.5, 0.6) is 0 Å². The molecule has 19 heavy (non-hydrogen) atoms. The van der Waals surface area contributed by atoms with E-state index in [4.69, 9.17) is 5.41 Å². The van der Waals surface area contributed by atoms with Gasteiger partial charge in [0.25, 0.3) is 5.56 Å². The van der Waals surface area contributed by atoms with Crippen molar-refractivity contribution in [2.45, 2.75) is 12.8 Å². The molecule has 0 bridgehead atoms. The van der Waals surface area contributed by atoms with Gasteiger partial charge in [-0.25, -0.2) is 4.39 Å². The summed E-state index contributed by atoms with van der Waals surface area (Å²) in [5.74, 6) is -0.546. The molecule has 0 aromatic carbocycles. The molecule has 0 saturated carbocycles. The van der Waals surface area contributed by atoms with Crippen LogP contribution in [0, 0.1) is 11.2 Å². The van der Waals surface area contributed by atoms with Crippen LogP contribution in [0.2, 0.25) is 0 Å². The lowest BCUT2D eigenvalue weighted by molar-refractivity contribution is 0.638. The zero-order valence-electron chi connectivity index (χ0n) is 10.1. The number of allylic oxidation sites excluding steroid dienone is 4. The van der Waals surface area contributed by atoms with Crippen LogP contribution >= 0.6 is 0 Å². The summed E-state index contributed by atoms with van der Waals surface area (Å²) in [6.07, 6.45) is 11.6. The Labute approximate surface area is 108 Å². The molecule has 0 atom stereocenters. The molecular formula is C14H12FN3O. The summed E-state index contributed by atoms with van der Waals surface area (Å²) < 4.78 is 16.5. The number of nitrogens with one attached hydrogen (secondary N) is 1. The fourth-order valence-corrected chi connectivity index (χ4v) is 2.30. The van der Waals surface area contributed by atoms with E-state index in [-0.39, 0.29) is 5.52 Å². The van der Waals surface area contributed by atoms with Gasteiger partial charge in [-0.1, -0.05) is 12.2 Å². The number of aromatic nitrogens is 2. The van der Waals surface area contributed by atoms with Gasteiger partial charge in [-0.3, -0.25) is 9.36 Å². The van der Waals surface area contributed by atoms with Crippen molar-refractivity contribution >= 4 is 17.4 Å². The summed E-state index contributed by atoms with van der Waals surface area (Å²) in [6.45, 7) is 0. The third kappa shape index (κ3) is 1.74. The SMILES string of the molecule is N=Cc1cn2ccc(F)c2c(=O)n1C1=CCCC=C1. The van der Waals surface area contributed by atoms with Crippen LogP contribution in [0.3, 0.4) is 0 Å². The highest BCUT2D eigenvalue weighted by atomic mass is 19.1. The lowest BCUT2D eigenvalue weighted by Crippen LogP contribution is -2.25. The van der Waals surface area contributed by atoms with E-state index in [9.17, 15) is 9.18 Å². The summed E-state index contributed by atoms with van der Waals surface area (Å²) in [5.41, 5.74) is 0.676. The van der Waals surface area contributed by atoms with Gasteiger partial charge in [0.1, 0.15) is 5.52 Å². The maximum absolute atomic E-state index is 13.7. The van der Waals surface area contributed by atoms with Gasteiger partial charge in [-0.2, -0.15) is 0 Å². The van der Waals surface area contributed by atoms with Gasteiger partial charge in [0.15, 0.2) is 5.82 Å². The average molecular weight is 257 g/mol. The van der Waals surface area contributed by atoms with Crippen LogP contribution in [0.25, 0.3) is 11.2 Å². The summed E-state index contributed by atoms with van der Waals surface area (Å²) in [4.78, 5) is 12.4. The molecule has 1 aliphatic carbocycles. The summed E-state index contributed by atoms with van der Waals surface area (Å²) in [5, 5.41) is 7.44. The van der Waals surface area contributed by atoms with Crippen LogP contribution in [0.4, 0.5) is 4.39 Å². The van der Waals surface area contributed by atoms with E-state index in [0.717, 1.165) is 19.1 Å². The summed E-state index contributed by atoms with van der Waals surface area (Å²) >= 11 is 0. The number of fused-ring (bicyclic) bond motifs is 1. The van der Waals surface area contributed by atoms with Crippen molar-refractivity contribution in [2.24, 2.45) is 0 Å². The van der Waals surface area contributed by atoms with Gasteiger partial charge in [-0.05, 0) is 25.0 Å². The predicted molar refractivity (Wildman–Crippen MR) is 72.1 cm³/mol. The standard InChI is InChI=1S/C14H12FN3O/c15-12-6-7-17-9-11(8-16)18(14(19)13(12)17)10-4-2-1-3-5-10/h2,4-9,16H,1,3H2. The minimum Gasteiger partial charge on any atom is -0.314 e. The third-order valence-corrected chi connectivity index (χ3v) is 3.18. The first-order chi connectivity index (χ1) is 9.22. The van der Waals surface area contributed by atoms with Crippen molar-refractivity contribution in [3.8, 4) is 0 Å². The molecule has 4 nitrogen and oxygen atoms in total. The lowest BCUT2D eigenvalue weighted by Gasteiger charge is -2.14. The second kappa shape index (κ2) is 4.35. The second-order valence-corrected chi connectivity index (χ2v) is 4.37. The highest BCUT2D eigenvalue weighted by Crippen LogP contribution is 2.16. The zero-order chi connectivity index (χ0) is 13.4. The fourth-order valence-electron chi connectivity index (χ4n) is 2.30. The fraction of sp³-hybridized carbons (Fsp3) is 0.143. The van der Waals surface area contributed by atoms with Crippen molar-refractivity contribution in [3.05, 3.63) is 58.6 Å². The number of nitrogens with zero attached hydrogens (tertiary/aromatic N) is 2. The predicted octanol–water partition coefficient (Wildman–Crippen LogP) is 2.43. The maximum atomic E-state index is 13.7. The van der Waals surface area contributed by atoms with E-state index in [2.05, 4.69) is 0 Å². The minimum absolute atomic E-state index is 0.00507. The maximum Gasteiger partial charge on any atom is 0.282 e. The molecule has 5 heteroatoms. The molecule has 0 spiro atoms. The molecular weight excluding hydrogens is 245 g/mol. The van der Waals surface area contributed by atoms with Crippen molar-refractivity contribution < 1.29 is 4.39 Å². The highest BCUT2D eigenvalue weighted by Gasteiger charge is 2.14. The van der Waals surface area contributed by atoms with E-state index in [1.54, 1.807) is 6.20 Å². The first kappa shape index (κ1) is 11.6. The molecule has 3 rings (SSSR count). The quantitative estimate of drug-likeness (QED) is 0.825. The second-order valence-electron chi connectivity index (χ2n) is 4.37. The van der Waals surface area contributed by atoms with Gasteiger partial charge < -0.3 is 9.81 Å². The first-order valence-electron chi connectivity index (χ1n) is 6.02. The Kier molecular flexibility index (Phi) is 2.67.